The molecule has 0 fully saturated rings. The molecular formula is C28H32N4O2. The first kappa shape index (κ1) is 23.6. The van der Waals surface area contributed by atoms with Crippen LogP contribution in [0, 0.1) is 5.92 Å². The van der Waals surface area contributed by atoms with E-state index in [4.69, 9.17) is 10.8 Å². The van der Waals surface area contributed by atoms with Gasteiger partial charge in [-0.05, 0) is 52.3 Å². The first-order chi connectivity index (χ1) is 16.3. The molecule has 3 aromatic rings. The summed E-state index contributed by atoms with van der Waals surface area (Å²) >= 11 is 0. The lowest BCUT2D eigenvalue weighted by molar-refractivity contribution is 0.0767. The third kappa shape index (κ3) is 4.21. The Labute approximate surface area is 201 Å². The van der Waals surface area contributed by atoms with Gasteiger partial charge in [-0.15, -0.1) is 0 Å². The number of nitrogens with two attached hydrogens (primary N) is 1. The van der Waals surface area contributed by atoms with Crippen LogP contribution in [0.3, 0.4) is 0 Å². The summed E-state index contributed by atoms with van der Waals surface area (Å²) in [6.45, 7) is 7.08. The van der Waals surface area contributed by atoms with Crippen molar-refractivity contribution in [2.24, 2.45) is 5.92 Å². The van der Waals surface area contributed by atoms with Gasteiger partial charge in [0.1, 0.15) is 0 Å². The van der Waals surface area contributed by atoms with Crippen molar-refractivity contribution in [1.82, 2.24) is 14.9 Å². The number of benzene rings is 2. The third-order valence-corrected chi connectivity index (χ3v) is 7.15. The van der Waals surface area contributed by atoms with E-state index in [1.807, 2.05) is 12.1 Å². The van der Waals surface area contributed by atoms with Crippen LogP contribution in [-0.2, 0) is 11.8 Å². The van der Waals surface area contributed by atoms with E-state index in [0.717, 1.165) is 17.5 Å². The number of aliphatic hydroxyl groups is 1. The molecule has 0 radical (unpaired) electrons. The zero-order valence-electron chi connectivity index (χ0n) is 20.2. The predicted molar refractivity (Wildman–Crippen MR) is 136 cm³/mol. The van der Waals surface area contributed by atoms with Crippen molar-refractivity contribution in [3.63, 3.8) is 0 Å². The van der Waals surface area contributed by atoms with E-state index >= 15 is 0 Å². The molecular weight excluding hydrogens is 424 g/mol. The maximum absolute atomic E-state index is 12.7. The van der Waals surface area contributed by atoms with Crippen LogP contribution in [0.15, 0.2) is 60.9 Å². The number of nitrogen functional groups attached to an aromatic ring is 1. The number of nitrogens with zero attached hydrogens (tertiary/aromatic N) is 3. The van der Waals surface area contributed by atoms with Crippen molar-refractivity contribution in [2.45, 2.75) is 32.6 Å². The average molecular weight is 457 g/mol. The van der Waals surface area contributed by atoms with E-state index in [-0.39, 0.29) is 23.9 Å². The zero-order valence-corrected chi connectivity index (χ0v) is 20.2. The number of hydrogen-bond donors (Lipinski definition) is 2. The van der Waals surface area contributed by atoms with Gasteiger partial charge in [-0.25, -0.2) is 9.97 Å². The molecule has 1 atom stereocenters. The summed E-state index contributed by atoms with van der Waals surface area (Å²) in [6, 6.07) is 14.6. The minimum absolute atomic E-state index is 0.0459. The number of rotatable bonds is 7. The van der Waals surface area contributed by atoms with E-state index in [9.17, 15) is 4.79 Å². The van der Waals surface area contributed by atoms with Crippen molar-refractivity contribution in [3.8, 4) is 11.1 Å². The minimum Gasteiger partial charge on any atom is -0.395 e. The summed E-state index contributed by atoms with van der Waals surface area (Å²) in [7, 11) is 1.71. The number of hydrogen-bond acceptors (Lipinski definition) is 5. The summed E-state index contributed by atoms with van der Waals surface area (Å²) < 4.78 is 0. The summed E-state index contributed by atoms with van der Waals surface area (Å²) in [6.07, 6.45) is 6.59. The normalized spacial score (nSPS) is 14.5. The second kappa shape index (κ2) is 9.39. The van der Waals surface area contributed by atoms with Crippen LogP contribution in [0.2, 0.25) is 0 Å². The fourth-order valence-electron chi connectivity index (χ4n) is 4.74. The summed E-state index contributed by atoms with van der Waals surface area (Å²) in [4.78, 5) is 22.4. The van der Waals surface area contributed by atoms with Gasteiger partial charge in [-0.3, -0.25) is 4.79 Å². The molecule has 1 aliphatic rings. The Bertz CT molecular complexity index is 1220. The van der Waals surface area contributed by atoms with Gasteiger partial charge >= 0.3 is 0 Å². The van der Waals surface area contributed by atoms with E-state index < -0.39 is 0 Å². The number of amides is 1. The standard InChI is InChI=1S/C28H32N4O2/c1-18(2)28(3,23-9-5-19(6-10-23)22-16-30-27(29)31-17-22)25-12-8-20-15-21(7-11-24(20)25)26(34)32(4)13-14-33/h5-7,9-12,15-18,33H,8,13-14H2,1-4H3,(H2,29,30,31). The van der Waals surface area contributed by atoms with Crippen LogP contribution in [0.4, 0.5) is 5.95 Å². The monoisotopic (exact) mass is 456 g/mol. The first-order valence-corrected chi connectivity index (χ1v) is 11.6. The fraction of sp³-hybridized carbons (Fsp3) is 0.321. The Morgan fingerprint density at radius 2 is 1.79 bits per heavy atom. The fourth-order valence-corrected chi connectivity index (χ4v) is 4.74. The van der Waals surface area contributed by atoms with Crippen LogP contribution >= 0.6 is 0 Å². The minimum atomic E-state index is -0.194. The number of likely N-dealkylation sites (N-methyl/N-ethyl adjacent to an activating group) is 1. The van der Waals surface area contributed by atoms with E-state index in [2.05, 4.69) is 67.1 Å². The molecule has 6 heteroatoms. The molecule has 0 saturated heterocycles. The van der Waals surface area contributed by atoms with Crippen molar-refractivity contribution < 1.29 is 9.90 Å². The highest BCUT2D eigenvalue weighted by atomic mass is 16.3. The van der Waals surface area contributed by atoms with Gasteiger partial charge in [-0.1, -0.05) is 57.2 Å². The molecule has 2 aromatic carbocycles. The lowest BCUT2D eigenvalue weighted by Crippen LogP contribution is -2.30. The maximum atomic E-state index is 12.7. The van der Waals surface area contributed by atoms with Crippen molar-refractivity contribution in [2.75, 3.05) is 25.9 Å². The van der Waals surface area contributed by atoms with E-state index in [1.165, 1.54) is 22.3 Å². The van der Waals surface area contributed by atoms with Crippen LogP contribution in [0.1, 0.15) is 47.8 Å². The maximum Gasteiger partial charge on any atom is 0.253 e. The third-order valence-electron chi connectivity index (χ3n) is 7.15. The zero-order chi connectivity index (χ0) is 24.5. The smallest absolute Gasteiger partial charge is 0.253 e. The number of allylic oxidation sites excluding steroid dienone is 2. The number of fused-ring (bicyclic) bond motifs is 1. The summed E-state index contributed by atoms with van der Waals surface area (Å²) in [5.74, 6) is 0.552. The van der Waals surface area contributed by atoms with Crippen LogP contribution in [0.5, 0.6) is 0 Å². The lowest BCUT2D eigenvalue weighted by Gasteiger charge is -2.37. The van der Waals surface area contributed by atoms with Gasteiger partial charge in [0, 0.05) is 42.5 Å². The molecule has 1 heterocycles. The number of carbonyl (C=O) groups excluding carboxylic acids is 1. The number of carbonyl (C=O) groups is 1. The average Bonchev–Trinajstić information content (AvgIpc) is 3.27. The highest BCUT2D eigenvalue weighted by molar-refractivity contribution is 5.95. The quantitative estimate of drug-likeness (QED) is 0.552. The predicted octanol–water partition coefficient (Wildman–Crippen LogP) is 4.34. The van der Waals surface area contributed by atoms with Gasteiger partial charge in [0.05, 0.1) is 6.61 Å². The molecule has 1 amide bonds. The second-order valence-corrected chi connectivity index (χ2v) is 9.41. The largest absolute Gasteiger partial charge is 0.395 e. The molecule has 4 rings (SSSR count). The molecule has 0 bridgehead atoms. The van der Waals surface area contributed by atoms with Crippen molar-refractivity contribution in [3.05, 3.63) is 83.2 Å². The molecule has 0 aliphatic heterocycles. The molecule has 6 nitrogen and oxygen atoms in total. The summed E-state index contributed by atoms with van der Waals surface area (Å²) in [5, 5.41) is 9.15. The van der Waals surface area contributed by atoms with E-state index in [0.29, 0.717) is 18.0 Å². The second-order valence-electron chi connectivity index (χ2n) is 9.41. The topological polar surface area (TPSA) is 92.3 Å². The highest BCUT2D eigenvalue weighted by Crippen LogP contribution is 2.48. The Hall–Kier alpha value is -3.51. The van der Waals surface area contributed by atoms with Crippen molar-refractivity contribution in [1.29, 1.82) is 0 Å². The number of anilines is 1. The Morgan fingerprint density at radius 1 is 1.12 bits per heavy atom. The van der Waals surface area contributed by atoms with Gasteiger partial charge in [0.2, 0.25) is 5.95 Å². The van der Waals surface area contributed by atoms with Gasteiger partial charge in [-0.2, -0.15) is 0 Å². The number of aliphatic hydroxyl groups excluding tert-OH is 1. The molecule has 0 spiro atoms. The Morgan fingerprint density at radius 3 is 2.41 bits per heavy atom. The molecule has 34 heavy (non-hydrogen) atoms. The van der Waals surface area contributed by atoms with Crippen molar-refractivity contribution >= 4 is 17.4 Å². The molecule has 176 valence electrons. The van der Waals surface area contributed by atoms with Gasteiger partial charge in [0.25, 0.3) is 5.91 Å². The highest BCUT2D eigenvalue weighted by Gasteiger charge is 2.37. The SMILES string of the molecule is CC(C)C(C)(C1=CCc2cc(C(=O)N(C)CCO)ccc21)c1ccc(-c2cnc(N)nc2)cc1. The lowest BCUT2D eigenvalue weighted by atomic mass is 9.66. The van der Waals surface area contributed by atoms with Gasteiger partial charge < -0.3 is 15.7 Å². The molecule has 1 unspecified atom stereocenters. The Balaban J connectivity index is 1.66. The molecule has 3 N–H and O–H groups in total. The van der Waals surface area contributed by atoms with E-state index in [1.54, 1.807) is 24.3 Å². The summed E-state index contributed by atoms with van der Waals surface area (Å²) in [5.41, 5.74) is 13.0. The van der Waals surface area contributed by atoms with Crippen LogP contribution in [0.25, 0.3) is 16.7 Å². The molecule has 1 aromatic heterocycles. The molecule has 1 aliphatic carbocycles. The Kier molecular flexibility index (Phi) is 6.53. The number of aromatic nitrogens is 2. The van der Waals surface area contributed by atoms with Crippen LogP contribution < -0.4 is 5.73 Å². The molecule has 0 saturated carbocycles. The van der Waals surface area contributed by atoms with Crippen LogP contribution in [-0.4, -0.2) is 46.1 Å². The van der Waals surface area contributed by atoms with Gasteiger partial charge in [0.15, 0.2) is 0 Å². The first-order valence-electron chi connectivity index (χ1n) is 11.6.